The molecule has 5 heteroatoms. The van der Waals surface area contributed by atoms with Gasteiger partial charge in [-0.15, -0.1) is 0 Å². The zero-order valence-electron chi connectivity index (χ0n) is 16.9. The van der Waals surface area contributed by atoms with Gasteiger partial charge in [0.15, 0.2) is 0 Å². The minimum absolute atomic E-state index is 0.0419. The fourth-order valence-corrected chi connectivity index (χ4v) is 3.17. The predicted octanol–water partition coefficient (Wildman–Crippen LogP) is 4.52. The standard InChI is InChI=1S/C23H29ClN2O2/c1-4-14-25-23(28)18(3)26(16-20-6-5-7-21(24)15-20)22(27)13-12-19-10-8-17(2)9-11-19/h5-11,15,18H,4,12-14,16H2,1-3H3,(H,25,28). The van der Waals surface area contributed by atoms with Gasteiger partial charge in [-0.3, -0.25) is 9.59 Å². The molecule has 28 heavy (non-hydrogen) atoms. The molecule has 2 rings (SSSR count). The van der Waals surface area contributed by atoms with Crippen molar-refractivity contribution in [1.82, 2.24) is 10.2 Å². The quantitative estimate of drug-likeness (QED) is 0.672. The maximum atomic E-state index is 13.0. The maximum Gasteiger partial charge on any atom is 0.242 e. The van der Waals surface area contributed by atoms with Gasteiger partial charge in [0.2, 0.25) is 11.8 Å². The molecular weight excluding hydrogens is 372 g/mol. The predicted molar refractivity (Wildman–Crippen MR) is 114 cm³/mol. The van der Waals surface area contributed by atoms with Crippen molar-refractivity contribution in [1.29, 1.82) is 0 Å². The van der Waals surface area contributed by atoms with Crippen molar-refractivity contribution in [3.8, 4) is 0 Å². The van der Waals surface area contributed by atoms with Crippen LogP contribution in [0.4, 0.5) is 0 Å². The van der Waals surface area contributed by atoms with E-state index in [0.29, 0.717) is 31.0 Å². The number of hydrogen-bond acceptors (Lipinski definition) is 2. The highest BCUT2D eigenvalue weighted by molar-refractivity contribution is 6.30. The Morgan fingerprint density at radius 2 is 1.82 bits per heavy atom. The SMILES string of the molecule is CCCNC(=O)C(C)N(Cc1cccc(Cl)c1)C(=O)CCc1ccc(C)cc1. The van der Waals surface area contributed by atoms with Gasteiger partial charge in [0, 0.05) is 24.5 Å². The molecule has 0 aliphatic carbocycles. The molecular formula is C23H29ClN2O2. The minimum Gasteiger partial charge on any atom is -0.354 e. The van der Waals surface area contributed by atoms with E-state index in [1.54, 1.807) is 17.9 Å². The van der Waals surface area contributed by atoms with E-state index in [1.807, 2.05) is 56.3 Å². The van der Waals surface area contributed by atoms with Crippen molar-refractivity contribution in [2.45, 2.75) is 52.6 Å². The molecule has 2 aromatic rings. The third kappa shape index (κ3) is 6.68. The van der Waals surface area contributed by atoms with Crippen LogP contribution < -0.4 is 5.32 Å². The average Bonchev–Trinajstić information content (AvgIpc) is 2.69. The normalized spacial score (nSPS) is 11.7. The van der Waals surface area contributed by atoms with Gasteiger partial charge < -0.3 is 10.2 Å². The lowest BCUT2D eigenvalue weighted by Gasteiger charge is -2.29. The van der Waals surface area contributed by atoms with Crippen molar-refractivity contribution in [3.63, 3.8) is 0 Å². The van der Waals surface area contributed by atoms with Crippen molar-refractivity contribution in [2.75, 3.05) is 6.54 Å². The number of amides is 2. The molecule has 0 radical (unpaired) electrons. The van der Waals surface area contributed by atoms with Crippen LogP contribution in [0.1, 0.15) is 43.4 Å². The molecule has 0 heterocycles. The van der Waals surface area contributed by atoms with Gasteiger partial charge in [-0.05, 0) is 49.9 Å². The van der Waals surface area contributed by atoms with Gasteiger partial charge in [-0.2, -0.15) is 0 Å². The molecule has 1 atom stereocenters. The molecule has 0 spiro atoms. The van der Waals surface area contributed by atoms with Crippen molar-refractivity contribution in [3.05, 3.63) is 70.2 Å². The van der Waals surface area contributed by atoms with Crippen LogP contribution in [0.3, 0.4) is 0 Å². The second kappa shape index (κ2) is 10.9. The summed E-state index contributed by atoms with van der Waals surface area (Å²) in [5.41, 5.74) is 3.22. The highest BCUT2D eigenvalue weighted by Gasteiger charge is 2.25. The number of carbonyl (C=O) groups excluding carboxylic acids is 2. The van der Waals surface area contributed by atoms with Crippen LogP contribution in [-0.4, -0.2) is 29.3 Å². The summed E-state index contributed by atoms with van der Waals surface area (Å²) in [6.07, 6.45) is 1.86. The van der Waals surface area contributed by atoms with E-state index in [-0.39, 0.29) is 11.8 Å². The third-order valence-corrected chi connectivity index (χ3v) is 4.94. The summed E-state index contributed by atoms with van der Waals surface area (Å²) in [5.74, 6) is -0.174. The van der Waals surface area contributed by atoms with Crippen LogP contribution in [0.25, 0.3) is 0 Å². The summed E-state index contributed by atoms with van der Waals surface area (Å²) in [7, 11) is 0. The summed E-state index contributed by atoms with van der Waals surface area (Å²) in [6.45, 7) is 6.78. The molecule has 0 saturated heterocycles. The molecule has 0 bridgehead atoms. The lowest BCUT2D eigenvalue weighted by molar-refractivity contribution is -0.140. The van der Waals surface area contributed by atoms with E-state index in [4.69, 9.17) is 11.6 Å². The Balaban J connectivity index is 2.12. The van der Waals surface area contributed by atoms with Crippen LogP contribution >= 0.6 is 11.6 Å². The minimum atomic E-state index is -0.545. The molecule has 0 aliphatic heterocycles. The van der Waals surface area contributed by atoms with Crippen LogP contribution in [-0.2, 0) is 22.6 Å². The lowest BCUT2D eigenvalue weighted by atomic mass is 10.1. The van der Waals surface area contributed by atoms with Crippen LogP contribution in [0, 0.1) is 6.92 Å². The largest absolute Gasteiger partial charge is 0.354 e. The first-order valence-corrected chi connectivity index (χ1v) is 10.2. The number of benzene rings is 2. The molecule has 0 aliphatic rings. The molecule has 4 nitrogen and oxygen atoms in total. The summed E-state index contributed by atoms with van der Waals surface area (Å²) in [4.78, 5) is 27.1. The van der Waals surface area contributed by atoms with Gasteiger partial charge in [0.05, 0.1) is 0 Å². The number of carbonyl (C=O) groups is 2. The first-order valence-electron chi connectivity index (χ1n) is 9.78. The molecule has 1 N–H and O–H groups in total. The topological polar surface area (TPSA) is 49.4 Å². The summed E-state index contributed by atoms with van der Waals surface area (Å²) < 4.78 is 0. The van der Waals surface area contributed by atoms with Gasteiger partial charge >= 0.3 is 0 Å². The van der Waals surface area contributed by atoms with Crippen molar-refractivity contribution >= 4 is 23.4 Å². The summed E-state index contributed by atoms with van der Waals surface area (Å²) in [6, 6.07) is 15.0. The lowest BCUT2D eigenvalue weighted by Crippen LogP contribution is -2.47. The average molecular weight is 401 g/mol. The third-order valence-electron chi connectivity index (χ3n) is 4.71. The molecule has 0 aromatic heterocycles. The zero-order valence-corrected chi connectivity index (χ0v) is 17.6. The fourth-order valence-electron chi connectivity index (χ4n) is 2.96. The summed E-state index contributed by atoms with van der Waals surface area (Å²) >= 11 is 6.09. The molecule has 0 fully saturated rings. The van der Waals surface area contributed by atoms with E-state index in [0.717, 1.165) is 17.5 Å². The van der Waals surface area contributed by atoms with E-state index < -0.39 is 6.04 Å². The van der Waals surface area contributed by atoms with Crippen molar-refractivity contribution in [2.24, 2.45) is 0 Å². The fraction of sp³-hybridized carbons (Fsp3) is 0.391. The Kier molecular flexibility index (Phi) is 8.52. The molecule has 2 aromatic carbocycles. The van der Waals surface area contributed by atoms with Crippen LogP contribution in [0.15, 0.2) is 48.5 Å². The number of halogens is 1. The van der Waals surface area contributed by atoms with E-state index in [2.05, 4.69) is 5.32 Å². The van der Waals surface area contributed by atoms with Gasteiger partial charge in [-0.25, -0.2) is 0 Å². The van der Waals surface area contributed by atoms with Crippen LogP contribution in [0.5, 0.6) is 0 Å². The maximum absolute atomic E-state index is 13.0. The van der Waals surface area contributed by atoms with Gasteiger partial charge in [-0.1, -0.05) is 60.5 Å². The zero-order chi connectivity index (χ0) is 20.5. The highest BCUT2D eigenvalue weighted by atomic mass is 35.5. The molecule has 150 valence electrons. The van der Waals surface area contributed by atoms with E-state index in [1.165, 1.54) is 5.56 Å². The Morgan fingerprint density at radius 3 is 2.46 bits per heavy atom. The van der Waals surface area contributed by atoms with Gasteiger partial charge in [0.25, 0.3) is 0 Å². The van der Waals surface area contributed by atoms with Gasteiger partial charge in [0.1, 0.15) is 6.04 Å². The highest BCUT2D eigenvalue weighted by Crippen LogP contribution is 2.16. The Bertz CT molecular complexity index is 789. The Hall–Kier alpha value is -2.33. The summed E-state index contributed by atoms with van der Waals surface area (Å²) in [5, 5.41) is 3.50. The second-order valence-electron chi connectivity index (χ2n) is 7.10. The first kappa shape index (κ1) is 22.0. The van der Waals surface area contributed by atoms with E-state index >= 15 is 0 Å². The van der Waals surface area contributed by atoms with Crippen LogP contribution in [0.2, 0.25) is 5.02 Å². The Labute approximate surface area is 172 Å². The molecule has 1 unspecified atom stereocenters. The smallest absolute Gasteiger partial charge is 0.242 e. The molecule has 2 amide bonds. The monoisotopic (exact) mass is 400 g/mol. The van der Waals surface area contributed by atoms with Crippen molar-refractivity contribution < 1.29 is 9.59 Å². The number of rotatable bonds is 9. The molecule has 0 saturated carbocycles. The number of nitrogens with zero attached hydrogens (tertiary/aromatic N) is 1. The number of hydrogen-bond donors (Lipinski definition) is 1. The Morgan fingerprint density at radius 1 is 1.11 bits per heavy atom. The number of aryl methyl sites for hydroxylation is 2. The first-order chi connectivity index (χ1) is 13.4. The number of nitrogens with one attached hydrogen (secondary N) is 1. The second-order valence-corrected chi connectivity index (χ2v) is 7.54. The van der Waals surface area contributed by atoms with E-state index in [9.17, 15) is 9.59 Å².